The highest BCUT2D eigenvalue weighted by Crippen LogP contribution is 2.23. The van der Waals surface area contributed by atoms with Crippen molar-refractivity contribution in [2.24, 2.45) is 0 Å². The minimum atomic E-state index is -0.522. The van der Waals surface area contributed by atoms with E-state index in [1.807, 2.05) is 13.8 Å². The van der Waals surface area contributed by atoms with Gasteiger partial charge in [-0.15, -0.1) is 0 Å². The summed E-state index contributed by atoms with van der Waals surface area (Å²) >= 11 is 0. The zero-order valence-corrected chi connectivity index (χ0v) is 12.8. The Labute approximate surface area is 125 Å². The number of amides is 1. The van der Waals surface area contributed by atoms with E-state index >= 15 is 0 Å². The Bertz CT molecular complexity index is 548. The molecule has 0 saturated carbocycles. The Morgan fingerprint density at radius 3 is 2.67 bits per heavy atom. The molecule has 2 rings (SSSR count). The predicted octanol–water partition coefficient (Wildman–Crippen LogP) is 2.25. The van der Waals surface area contributed by atoms with Crippen molar-refractivity contribution in [3.8, 4) is 0 Å². The third-order valence-electron chi connectivity index (χ3n) is 4.02. The van der Waals surface area contributed by atoms with Crippen LogP contribution < -0.4 is 10.6 Å². The van der Waals surface area contributed by atoms with Gasteiger partial charge in [0.1, 0.15) is 0 Å². The first kappa shape index (κ1) is 15.5. The van der Waals surface area contributed by atoms with Crippen LogP contribution in [0.25, 0.3) is 0 Å². The van der Waals surface area contributed by atoms with E-state index in [4.69, 9.17) is 0 Å². The van der Waals surface area contributed by atoms with Crippen molar-refractivity contribution >= 4 is 17.6 Å². The Balaban J connectivity index is 2.12. The van der Waals surface area contributed by atoms with Crippen molar-refractivity contribution in [2.45, 2.75) is 38.6 Å². The third-order valence-corrected chi connectivity index (χ3v) is 4.02. The van der Waals surface area contributed by atoms with Gasteiger partial charge in [-0.05, 0) is 63.4 Å². The molecule has 1 aliphatic heterocycles. The summed E-state index contributed by atoms with van der Waals surface area (Å²) in [6.45, 7) is 4.66. The van der Waals surface area contributed by atoms with Crippen LogP contribution in [0.15, 0.2) is 18.2 Å². The number of hydrogen-bond acceptors (Lipinski definition) is 4. The number of ether oxygens (including phenoxy) is 1. The van der Waals surface area contributed by atoms with E-state index in [1.165, 1.54) is 7.11 Å². The molecule has 0 spiro atoms. The van der Waals surface area contributed by atoms with Crippen LogP contribution in [0, 0.1) is 6.92 Å². The summed E-state index contributed by atoms with van der Waals surface area (Å²) in [7, 11) is 1.35. The van der Waals surface area contributed by atoms with Crippen LogP contribution in [0.1, 0.15) is 42.1 Å². The van der Waals surface area contributed by atoms with E-state index in [-0.39, 0.29) is 11.9 Å². The van der Waals surface area contributed by atoms with Gasteiger partial charge in [0.25, 0.3) is 0 Å². The molecule has 0 aromatic heterocycles. The van der Waals surface area contributed by atoms with E-state index in [0.717, 1.165) is 37.1 Å². The van der Waals surface area contributed by atoms with Crippen molar-refractivity contribution in [2.75, 3.05) is 19.0 Å². The van der Waals surface area contributed by atoms with Gasteiger partial charge >= 0.3 is 5.97 Å². The minimum absolute atomic E-state index is 0.0314. The Kier molecular flexibility index (Phi) is 4.63. The maximum absolute atomic E-state index is 12.5. The minimum Gasteiger partial charge on any atom is -0.465 e. The van der Waals surface area contributed by atoms with Crippen LogP contribution in [0.5, 0.6) is 0 Å². The molecule has 114 valence electrons. The molecular formula is C16H22N2O3. The first-order valence-corrected chi connectivity index (χ1v) is 7.22. The summed E-state index contributed by atoms with van der Waals surface area (Å²) in [4.78, 5) is 23.9. The lowest BCUT2D eigenvalue weighted by atomic mass is 9.90. The number of benzene rings is 1. The zero-order chi connectivity index (χ0) is 15.5. The quantitative estimate of drug-likeness (QED) is 0.838. The molecule has 1 aliphatic rings. The lowest BCUT2D eigenvalue weighted by molar-refractivity contribution is -0.122. The summed E-state index contributed by atoms with van der Waals surface area (Å²) in [6, 6.07) is 5.12. The van der Waals surface area contributed by atoms with Gasteiger partial charge in [-0.2, -0.15) is 0 Å². The first-order valence-electron chi connectivity index (χ1n) is 7.22. The molecule has 21 heavy (non-hydrogen) atoms. The smallest absolute Gasteiger partial charge is 0.337 e. The van der Waals surface area contributed by atoms with Crippen molar-refractivity contribution in [1.82, 2.24) is 5.32 Å². The molecule has 2 N–H and O–H groups in total. The van der Waals surface area contributed by atoms with Crippen LogP contribution in [-0.4, -0.2) is 31.1 Å². The monoisotopic (exact) mass is 290 g/mol. The van der Waals surface area contributed by atoms with Gasteiger partial charge in [-0.3, -0.25) is 4.79 Å². The van der Waals surface area contributed by atoms with E-state index in [0.29, 0.717) is 5.56 Å². The number of anilines is 1. The Hall–Kier alpha value is -1.88. The van der Waals surface area contributed by atoms with Crippen molar-refractivity contribution in [1.29, 1.82) is 0 Å². The average molecular weight is 290 g/mol. The third kappa shape index (κ3) is 3.42. The predicted molar refractivity (Wildman–Crippen MR) is 81.4 cm³/mol. The fourth-order valence-corrected chi connectivity index (χ4v) is 2.56. The number of esters is 1. The van der Waals surface area contributed by atoms with Gasteiger partial charge in [0.2, 0.25) is 5.91 Å². The maximum Gasteiger partial charge on any atom is 0.337 e. The average Bonchev–Trinajstić information content (AvgIpc) is 2.49. The van der Waals surface area contributed by atoms with E-state index in [1.54, 1.807) is 18.2 Å². The molecule has 5 heteroatoms. The SMILES string of the molecule is COC(=O)c1ccc(NC(=O)C2(C)CCCCN2)c(C)c1. The molecular weight excluding hydrogens is 268 g/mol. The molecule has 0 bridgehead atoms. The topological polar surface area (TPSA) is 67.4 Å². The van der Waals surface area contributed by atoms with E-state index in [2.05, 4.69) is 15.4 Å². The molecule has 1 atom stereocenters. The number of carbonyl (C=O) groups is 2. The van der Waals surface area contributed by atoms with Crippen LogP contribution in [-0.2, 0) is 9.53 Å². The summed E-state index contributed by atoms with van der Waals surface area (Å²) in [5, 5.41) is 6.24. The normalized spacial score (nSPS) is 21.7. The second-order valence-corrected chi connectivity index (χ2v) is 5.69. The van der Waals surface area contributed by atoms with Gasteiger partial charge in [0.05, 0.1) is 18.2 Å². The highest BCUT2D eigenvalue weighted by atomic mass is 16.5. The second kappa shape index (κ2) is 6.26. The summed E-state index contributed by atoms with van der Waals surface area (Å²) in [5.41, 5.74) is 1.52. The maximum atomic E-state index is 12.5. The van der Waals surface area contributed by atoms with Crippen molar-refractivity contribution < 1.29 is 14.3 Å². The molecule has 1 amide bonds. The molecule has 1 aromatic carbocycles. The molecule has 0 radical (unpaired) electrons. The number of hydrogen-bond donors (Lipinski definition) is 2. The molecule has 1 heterocycles. The first-order chi connectivity index (χ1) is 9.96. The van der Waals surface area contributed by atoms with Crippen LogP contribution in [0.3, 0.4) is 0 Å². The molecule has 1 unspecified atom stereocenters. The number of carbonyl (C=O) groups excluding carboxylic acids is 2. The number of rotatable bonds is 3. The second-order valence-electron chi connectivity index (χ2n) is 5.69. The van der Waals surface area contributed by atoms with Crippen LogP contribution in [0.2, 0.25) is 0 Å². The fraction of sp³-hybridized carbons (Fsp3) is 0.500. The number of nitrogens with one attached hydrogen (secondary N) is 2. The van der Waals surface area contributed by atoms with Gasteiger partial charge in [0.15, 0.2) is 0 Å². The highest BCUT2D eigenvalue weighted by molar-refractivity contribution is 5.99. The van der Waals surface area contributed by atoms with Gasteiger partial charge in [-0.1, -0.05) is 0 Å². The molecule has 1 aromatic rings. The van der Waals surface area contributed by atoms with Crippen molar-refractivity contribution in [3.05, 3.63) is 29.3 Å². The number of piperidine rings is 1. The van der Waals surface area contributed by atoms with Gasteiger partial charge < -0.3 is 15.4 Å². The van der Waals surface area contributed by atoms with Crippen LogP contribution in [0.4, 0.5) is 5.69 Å². The molecule has 0 aliphatic carbocycles. The van der Waals surface area contributed by atoms with Crippen molar-refractivity contribution in [3.63, 3.8) is 0 Å². The lowest BCUT2D eigenvalue weighted by Crippen LogP contribution is -2.54. The highest BCUT2D eigenvalue weighted by Gasteiger charge is 2.34. The zero-order valence-electron chi connectivity index (χ0n) is 12.8. The summed E-state index contributed by atoms with van der Waals surface area (Å²) in [5.74, 6) is -0.409. The number of aryl methyl sites for hydroxylation is 1. The standard InChI is InChI=1S/C16H22N2O3/c1-11-10-12(14(19)21-3)6-7-13(11)18-15(20)16(2)8-4-5-9-17-16/h6-7,10,17H,4-5,8-9H2,1-3H3,(H,18,20). The van der Waals surface area contributed by atoms with E-state index in [9.17, 15) is 9.59 Å². The van der Waals surface area contributed by atoms with Crippen LogP contribution >= 0.6 is 0 Å². The summed E-state index contributed by atoms with van der Waals surface area (Å²) < 4.78 is 4.69. The molecule has 1 fully saturated rings. The molecule has 1 saturated heterocycles. The number of methoxy groups -OCH3 is 1. The van der Waals surface area contributed by atoms with E-state index < -0.39 is 5.54 Å². The fourth-order valence-electron chi connectivity index (χ4n) is 2.56. The largest absolute Gasteiger partial charge is 0.465 e. The van der Waals surface area contributed by atoms with Gasteiger partial charge in [0, 0.05) is 5.69 Å². The summed E-state index contributed by atoms with van der Waals surface area (Å²) in [6.07, 6.45) is 2.99. The van der Waals surface area contributed by atoms with Gasteiger partial charge in [-0.25, -0.2) is 4.79 Å². The Morgan fingerprint density at radius 1 is 1.33 bits per heavy atom. The molecule has 5 nitrogen and oxygen atoms in total. The lowest BCUT2D eigenvalue weighted by Gasteiger charge is -2.33. The Morgan fingerprint density at radius 2 is 2.10 bits per heavy atom.